The predicted octanol–water partition coefficient (Wildman–Crippen LogP) is 2.36. The summed E-state index contributed by atoms with van der Waals surface area (Å²) in [5.41, 5.74) is 0.818. The van der Waals surface area contributed by atoms with Gasteiger partial charge in [0.2, 0.25) is 0 Å². The molecule has 0 spiro atoms. The van der Waals surface area contributed by atoms with Crippen LogP contribution in [-0.2, 0) is 5.88 Å². The Bertz CT molecular complexity index is 181. The van der Waals surface area contributed by atoms with Crippen LogP contribution in [0.5, 0.6) is 0 Å². The molecule has 0 bridgehead atoms. The summed E-state index contributed by atoms with van der Waals surface area (Å²) < 4.78 is 12.1. The lowest BCUT2D eigenvalue weighted by atomic mass is 10.2. The first-order valence-corrected chi connectivity index (χ1v) is 3.08. The number of halogens is 2. The van der Waals surface area contributed by atoms with Gasteiger partial charge < -0.3 is 0 Å². The minimum Gasteiger partial charge on any atom is -0.207 e. The first-order chi connectivity index (χ1) is 4.33. The van der Waals surface area contributed by atoms with Crippen LogP contribution in [0.3, 0.4) is 0 Å². The quantitative estimate of drug-likeness (QED) is 0.530. The second-order valence-corrected chi connectivity index (χ2v) is 1.93. The summed E-state index contributed by atoms with van der Waals surface area (Å²) >= 11 is 5.43. The maximum atomic E-state index is 12.1. The SMILES string of the molecule is Fc1c[c]c(CCl)cc1. The van der Waals surface area contributed by atoms with E-state index in [0.29, 0.717) is 5.88 Å². The van der Waals surface area contributed by atoms with E-state index in [1.165, 1.54) is 12.1 Å². The zero-order chi connectivity index (χ0) is 6.69. The zero-order valence-electron chi connectivity index (χ0n) is 4.70. The van der Waals surface area contributed by atoms with Gasteiger partial charge in [-0.25, -0.2) is 4.39 Å². The topological polar surface area (TPSA) is 0 Å². The molecule has 9 heavy (non-hydrogen) atoms. The van der Waals surface area contributed by atoms with Crippen LogP contribution in [0.25, 0.3) is 0 Å². The van der Waals surface area contributed by atoms with E-state index in [2.05, 4.69) is 6.07 Å². The molecule has 0 aliphatic carbocycles. The third kappa shape index (κ3) is 1.68. The Hall–Kier alpha value is -0.560. The summed E-state index contributed by atoms with van der Waals surface area (Å²) in [6.45, 7) is 0. The van der Waals surface area contributed by atoms with Crippen LogP contribution in [0.4, 0.5) is 4.39 Å². The van der Waals surface area contributed by atoms with Gasteiger partial charge in [-0.2, -0.15) is 0 Å². The van der Waals surface area contributed by atoms with Gasteiger partial charge in [-0.05, 0) is 23.8 Å². The lowest BCUT2D eigenvalue weighted by Gasteiger charge is -1.90. The molecular formula is C7H5ClF. The lowest BCUT2D eigenvalue weighted by Crippen LogP contribution is -1.77. The molecule has 0 aromatic heterocycles. The van der Waals surface area contributed by atoms with Crippen LogP contribution >= 0.6 is 11.6 Å². The minimum atomic E-state index is -0.274. The molecule has 0 saturated carbocycles. The maximum Gasteiger partial charge on any atom is 0.123 e. The number of rotatable bonds is 1. The minimum absolute atomic E-state index is 0.274. The fourth-order valence-electron chi connectivity index (χ4n) is 0.521. The van der Waals surface area contributed by atoms with E-state index in [0.717, 1.165) is 5.56 Å². The first kappa shape index (κ1) is 6.56. The molecule has 0 unspecified atom stereocenters. The van der Waals surface area contributed by atoms with Gasteiger partial charge in [0, 0.05) is 5.88 Å². The van der Waals surface area contributed by atoms with Gasteiger partial charge in [0.25, 0.3) is 0 Å². The van der Waals surface area contributed by atoms with Crippen molar-refractivity contribution < 1.29 is 4.39 Å². The molecule has 0 aliphatic rings. The molecule has 0 heterocycles. The van der Waals surface area contributed by atoms with Gasteiger partial charge in [-0.15, -0.1) is 11.6 Å². The molecule has 1 radical (unpaired) electrons. The van der Waals surface area contributed by atoms with E-state index in [4.69, 9.17) is 11.6 Å². The highest BCUT2D eigenvalue weighted by Gasteiger charge is 1.89. The van der Waals surface area contributed by atoms with Crippen LogP contribution in [0.15, 0.2) is 18.2 Å². The second kappa shape index (κ2) is 2.83. The van der Waals surface area contributed by atoms with Crippen molar-refractivity contribution in [3.05, 3.63) is 35.6 Å². The Morgan fingerprint density at radius 1 is 1.56 bits per heavy atom. The van der Waals surface area contributed by atoms with E-state index >= 15 is 0 Å². The first-order valence-electron chi connectivity index (χ1n) is 2.55. The number of benzene rings is 1. The van der Waals surface area contributed by atoms with Gasteiger partial charge in [0.1, 0.15) is 5.82 Å². The number of alkyl halides is 1. The molecule has 1 rings (SSSR count). The monoisotopic (exact) mass is 143 g/mol. The Labute approximate surface area is 58.3 Å². The Morgan fingerprint density at radius 2 is 2.33 bits per heavy atom. The van der Waals surface area contributed by atoms with E-state index < -0.39 is 0 Å². The van der Waals surface area contributed by atoms with Crippen molar-refractivity contribution in [3.8, 4) is 0 Å². The van der Waals surface area contributed by atoms with Gasteiger partial charge in [0.15, 0.2) is 0 Å². The van der Waals surface area contributed by atoms with Gasteiger partial charge >= 0.3 is 0 Å². The fourth-order valence-corrected chi connectivity index (χ4v) is 0.687. The highest BCUT2D eigenvalue weighted by molar-refractivity contribution is 6.17. The third-order valence-corrected chi connectivity index (χ3v) is 1.27. The van der Waals surface area contributed by atoms with Crippen molar-refractivity contribution in [3.63, 3.8) is 0 Å². The lowest BCUT2D eigenvalue weighted by molar-refractivity contribution is 0.627. The third-order valence-electron chi connectivity index (χ3n) is 0.983. The van der Waals surface area contributed by atoms with Crippen molar-refractivity contribution in [2.45, 2.75) is 5.88 Å². The molecule has 47 valence electrons. The molecule has 2 heteroatoms. The van der Waals surface area contributed by atoms with E-state index in [9.17, 15) is 4.39 Å². The highest BCUT2D eigenvalue weighted by Crippen LogP contribution is 2.03. The maximum absolute atomic E-state index is 12.1. The van der Waals surface area contributed by atoms with E-state index in [1.807, 2.05) is 0 Å². The molecule has 1 aromatic rings. The number of hydrogen-bond acceptors (Lipinski definition) is 0. The van der Waals surface area contributed by atoms with E-state index in [1.54, 1.807) is 6.07 Å². The van der Waals surface area contributed by atoms with Gasteiger partial charge in [0.05, 0.1) is 0 Å². The van der Waals surface area contributed by atoms with Crippen LogP contribution in [-0.4, -0.2) is 0 Å². The van der Waals surface area contributed by atoms with Crippen molar-refractivity contribution in [2.24, 2.45) is 0 Å². The predicted molar refractivity (Wildman–Crippen MR) is 34.8 cm³/mol. The summed E-state index contributed by atoms with van der Waals surface area (Å²) in [5, 5.41) is 0. The fraction of sp³-hybridized carbons (Fsp3) is 0.143. The summed E-state index contributed by atoms with van der Waals surface area (Å²) in [6, 6.07) is 6.94. The van der Waals surface area contributed by atoms with Crippen molar-refractivity contribution >= 4 is 11.6 Å². The van der Waals surface area contributed by atoms with Crippen LogP contribution in [0.1, 0.15) is 5.56 Å². The molecule has 0 saturated heterocycles. The zero-order valence-corrected chi connectivity index (χ0v) is 5.45. The van der Waals surface area contributed by atoms with Gasteiger partial charge in [-0.1, -0.05) is 6.07 Å². The summed E-state index contributed by atoms with van der Waals surface area (Å²) in [6.07, 6.45) is 0. The second-order valence-electron chi connectivity index (χ2n) is 1.67. The molecule has 1 aromatic carbocycles. The molecule has 0 atom stereocenters. The molecule has 0 aliphatic heterocycles. The summed E-state index contributed by atoms with van der Waals surface area (Å²) in [5.74, 6) is 0.115. The standard InChI is InChI=1S/C7H5ClF/c8-5-6-1-3-7(9)4-2-6/h1,3-4H,5H2. The van der Waals surface area contributed by atoms with Crippen molar-refractivity contribution in [2.75, 3.05) is 0 Å². The van der Waals surface area contributed by atoms with Crippen LogP contribution in [0, 0.1) is 11.9 Å². The summed E-state index contributed by atoms with van der Waals surface area (Å²) in [7, 11) is 0. The number of hydrogen-bond donors (Lipinski definition) is 0. The van der Waals surface area contributed by atoms with Gasteiger partial charge in [-0.3, -0.25) is 0 Å². The van der Waals surface area contributed by atoms with E-state index in [-0.39, 0.29) is 5.82 Å². The van der Waals surface area contributed by atoms with Crippen molar-refractivity contribution in [1.29, 1.82) is 0 Å². The summed E-state index contributed by atoms with van der Waals surface area (Å²) in [4.78, 5) is 0. The molecule has 0 N–H and O–H groups in total. The largest absolute Gasteiger partial charge is 0.207 e. The Morgan fingerprint density at radius 3 is 2.78 bits per heavy atom. The molecule has 0 fully saturated rings. The molecular weight excluding hydrogens is 139 g/mol. The van der Waals surface area contributed by atoms with Crippen molar-refractivity contribution in [1.82, 2.24) is 0 Å². The molecule has 0 amide bonds. The van der Waals surface area contributed by atoms with Crippen LogP contribution in [0.2, 0.25) is 0 Å². The Balaban J connectivity index is 2.88. The van der Waals surface area contributed by atoms with Crippen LogP contribution < -0.4 is 0 Å². The highest BCUT2D eigenvalue weighted by atomic mass is 35.5. The normalized spacial score (nSPS) is 9.56. The Kier molecular flexibility index (Phi) is 2.06. The molecule has 0 nitrogen and oxygen atoms in total. The average Bonchev–Trinajstić information content (AvgIpc) is 1.90. The average molecular weight is 144 g/mol. The smallest absolute Gasteiger partial charge is 0.123 e.